The first-order valence-electron chi connectivity index (χ1n) is 15.2. The fraction of sp³-hybridized carbons (Fsp3) is 0.333. The van der Waals surface area contributed by atoms with Gasteiger partial charge in [-0.05, 0) is 92.8 Å². The van der Waals surface area contributed by atoms with Crippen molar-refractivity contribution < 1.29 is 24.9 Å². The standard InChI is InChI=1S/C36H39BrN2O5/c1-3-7-23(19-24-20-25(37)11-17-31(24)41)10-16-32(42)33-22(2)18-29-34(30(33)21-40)36(44)39(35(29)43)28-14-12-27(13-15-28)38-26-8-5-4-6-9-26/h4-6,8-9,11-15,17,19-20,29-30,32,34,38,40-42H,3,7,10,16,18,21H2,1-2H3/b23-19+/t29-,30+,32-,34-/m1/s1. The van der Waals surface area contributed by atoms with Gasteiger partial charge in [-0.25, -0.2) is 0 Å². The first kappa shape index (κ1) is 31.7. The maximum absolute atomic E-state index is 13.8. The number of hydrogen-bond acceptors (Lipinski definition) is 6. The Morgan fingerprint density at radius 3 is 2.41 bits per heavy atom. The van der Waals surface area contributed by atoms with Crippen molar-refractivity contribution in [3.63, 3.8) is 0 Å². The van der Waals surface area contributed by atoms with Gasteiger partial charge in [-0.1, -0.05) is 64.7 Å². The molecule has 0 saturated carbocycles. The van der Waals surface area contributed by atoms with Gasteiger partial charge in [-0.15, -0.1) is 0 Å². The highest BCUT2D eigenvalue weighted by Gasteiger charge is 2.54. The normalized spacial score (nSPS) is 21.1. The number of imide groups is 1. The average molecular weight is 660 g/mol. The number of benzene rings is 3. The zero-order chi connectivity index (χ0) is 31.4. The number of anilines is 3. The monoisotopic (exact) mass is 658 g/mol. The Morgan fingerprint density at radius 1 is 1.02 bits per heavy atom. The summed E-state index contributed by atoms with van der Waals surface area (Å²) >= 11 is 3.46. The van der Waals surface area contributed by atoms with E-state index in [9.17, 15) is 24.9 Å². The van der Waals surface area contributed by atoms with Crippen LogP contribution in [0.4, 0.5) is 17.1 Å². The molecule has 1 aliphatic carbocycles. The lowest BCUT2D eigenvalue weighted by Gasteiger charge is -2.35. The molecule has 0 unspecified atom stereocenters. The number of aliphatic hydroxyl groups is 2. The van der Waals surface area contributed by atoms with Gasteiger partial charge in [0.25, 0.3) is 0 Å². The number of phenols is 1. The summed E-state index contributed by atoms with van der Waals surface area (Å²) in [5.41, 5.74) is 5.58. The lowest BCUT2D eigenvalue weighted by Crippen LogP contribution is -2.38. The van der Waals surface area contributed by atoms with Crippen LogP contribution >= 0.6 is 15.9 Å². The van der Waals surface area contributed by atoms with E-state index in [4.69, 9.17) is 0 Å². The van der Waals surface area contributed by atoms with Gasteiger partial charge >= 0.3 is 0 Å². The number of para-hydroxylation sites is 1. The van der Waals surface area contributed by atoms with Gasteiger partial charge in [0.2, 0.25) is 11.8 Å². The predicted octanol–water partition coefficient (Wildman–Crippen LogP) is 7.36. The Hall–Kier alpha value is -3.72. The SMILES string of the molecule is CCC/C(=C\c1cc(Br)ccc1O)CC[C@@H](O)C1=C(C)C[C@H]2C(=O)N(c3ccc(Nc4ccccc4)cc3)C(=O)[C@H]2[C@H]1CO. The summed E-state index contributed by atoms with van der Waals surface area (Å²) in [5.74, 6) is -2.36. The Balaban J connectivity index is 1.32. The summed E-state index contributed by atoms with van der Waals surface area (Å²) < 4.78 is 0.866. The van der Waals surface area contributed by atoms with E-state index in [0.29, 0.717) is 36.1 Å². The molecular weight excluding hydrogens is 620 g/mol. The third-order valence-corrected chi connectivity index (χ3v) is 9.22. The number of halogens is 1. The highest BCUT2D eigenvalue weighted by Crippen LogP contribution is 2.47. The number of phenolic OH excluding ortho intramolecular Hbond substituents is 1. The molecule has 1 saturated heterocycles. The lowest BCUT2D eigenvalue weighted by molar-refractivity contribution is -0.123. The van der Waals surface area contributed by atoms with Gasteiger partial charge < -0.3 is 20.6 Å². The number of fused-ring (bicyclic) bond motifs is 1. The fourth-order valence-corrected chi connectivity index (χ4v) is 7.06. The van der Waals surface area contributed by atoms with Crippen LogP contribution in [-0.4, -0.2) is 39.8 Å². The van der Waals surface area contributed by atoms with Crippen molar-refractivity contribution in [1.82, 2.24) is 0 Å². The molecule has 1 fully saturated rings. The molecule has 8 heteroatoms. The summed E-state index contributed by atoms with van der Waals surface area (Å²) in [6.45, 7) is 3.65. The molecular formula is C36H39BrN2O5. The molecule has 7 nitrogen and oxygen atoms in total. The van der Waals surface area contributed by atoms with Crippen LogP contribution in [0.3, 0.4) is 0 Å². The molecule has 0 bridgehead atoms. The molecule has 4 atom stereocenters. The van der Waals surface area contributed by atoms with Crippen LogP contribution < -0.4 is 10.2 Å². The van der Waals surface area contributed by atoms with E-state index >= 15 is 0 Å². The molecule has 230 valence electrons. The van der Waals surface area contributed by atoms with Gasteiger partial charge in [0, 0.05) is 27.3 Å². The van der Waals surface area contributed by atoms with Crippen molar-refractivity contribution in [3.05, 3.63) is 99.6 Å². The summed E-state index contributed by atoms with van der Waals surface area (Å²) in [7, 11) is 0. The topological polar surface area (TPSA) is 110 Å². The lowest BCUT2D eigenvalue weighted by atomic mass is 9.68. The van der Waals surface area contributed by atoms with Crippen molar-refractivity contribution in [2.45, 2.75) is 52.1 Å². The zero-order valence-electron chi connectivity index (χ0n) is 25.0. The van der Waals surface area contributed by atoms with E-state index in [1.165, 1.54) is 4.90 Å². The Kier molecular flexibility index (Phi) is 10.0. The first-order valence-corrected chi connectivity index (χ1v) is 16.0. The highest BCUT2D eigenvalue weighted by atomic mass is 79.9. The largest absolute Gasteiger partial charge is 0.507 e. The minimum atomic E-state index is -0.871. The van der Waals surface area contributed by atoms with Crippen LogP contribution in [0.5, 0.6) is 5.75 Å². The second-order valence-electron chi connectivity index (χ2n) is 11.7. The molecule has 3 aromatic carbocycles. The van der Waals surface area contributed by atoms with E-state index in [1.54, 1.807) is 24.3 Å². The van der Waals surface area contributed by atoms with E-state index in [2.05, 4.69) is 28.2 Å². The van der Waals surface area contributed by atoms with Crippen molar-refractivity contribution in [2.24, 2.45) is 17.8 Å². The van der Waals surface area contributed by atoms with E-state index in [0.717, 1.165) is 39.8 Å². The number of carbonyl (C=O) groups excluding carboxylic acids is 2. The smallest absolute Gasteiger partial charge is 0.238 e. The van der Waals surface area contributed by atoms with Gasteiger partial charge in [-0.3, -0.25) is 14.5 Å². The second kappa shape index (κ2) is 13.9. The second-order valence-corrected chi connectivity index (χ2v) is 12.6. The molecule has 44 heavy (non-hydrogen) atoms. The van der Waals surface area contributed by atoms with E-state index in [-0.39, 0.29) is 24.2 Å². The van der Waals surface area contributed by atoms with Crippen molar-refractivity contribution in [2.75, 3.05) is 16.8 Å². The first-order chi connectivity index (χ1) is 21.2. The quantitative estimate of drug-likeness (QED) is 0.127. The van der Waals surface area contributed by atoms with E-state index in [1.807, 2.05) is 61.5 Å². The number of aliphatic hydroxyl groups excluding tert-OH is 2. The number of nitrogens with zero attached hydrogens (tertiary/aromatic N) is 1. The fourth-order valence-electron chi connectivity index (χ4n) is 6.68. The van der Waals surface area contributed by atoms with Crippen LogP contribution in [0.15, 0.2) is 94.0 Å². The maximum atomic E-state index is 13.8. The predicted molar refractivity (Wildman–Crippen MR) is 177 cm³/mol. The van der Waals surface area contributed by atoms with Gasteiger partial charge in [-0.2, -0.15) is 0 Å². The van der Waals surface area contributed by atoms with E-state index < -0.39 is 23.9 Å². The maximum Gasteiger partial charge on any atom is 0.238 e. The highest BCUT2D eigenvalue weighted by molar-refractivity contribution is 9.10. The summed E-state index contributed by atoms with van der Waals surface area (Å²) in [6.07, 6.45) is 4.19. The molecule has 1 heterocycles. The Labute approximate surface area is 267 Å². The van der Waals surface area contributed by atoms with Gasteiger partial charge in [0.05, 0.1) is 30.2 Å². The number of allylic oxidation sites excluding steroid dienone is 2. The molecule has 1 aliphatic heterocycles. The Bertz CT molecular complexity index is 1570. The average Bonchev–Trinajstić information content (AvgIpc) is 3.26. The minimum Gasteiger partial charge on any atom is -0.507 e. The third kappa shape index (κ3) is 6.67. The van der Waals surface area contributed by atoms with Crippen LogP contribution in [0.25, 0.3) is 6.08 Å². The molecule has 2 aliphatic rings. The van der Waals surface area contributed by atoms with Crippen molar-refractivity contribution in [3.8, 4) is 5.75 Å². The molecule has 5 rings (SSSR count). The van der Waals surface area contributed by atoms with Crippen LogP contribution in [-0.2, 0) is 9.59 Å². The minimum absolute atomic E-state index is 0.190. The van der Waals surface area contributed by atoms with Crippen LogP contribution in [0, 0.1) is 17.8 Å². The van der Waals surface area contributed by atoms with Gasteiger partial charge in [0.15, 0.2) is 0 Å². The molecule has 0 aromatic heterocycles. The molecule has 0 spiro atoms. The number of nitrogens with one attached hydrogen (secondary N) is 1. The summed E-state index contributed by atoms with van der Waals surface area (Å²) in [5, 5.41) is 35.6. The molecule has 3 aromatic rings. The number of hydrogen-bond donors (Lipinski definition) is 4. The van der Waals surface area contributed by atoms with Crippen LogP contribution in [0.2, 0.25) is 0 Å². The Morgan fingerprint density at radius 2 is 1.73 bits per heavy atom. The number of carbonyl (C=O) groups is 2. The van der Waals surface area contributed by atoms with Crippen LogP contribution in [0.1, 0.15) is 51.5 Å². The van der Waals surface area contributed by atoms with Gasteiger partial charge in [0.1, 0.15) is 5.75 Å². The zero-order valence-corrected chi connectivity index (χ0v) is 26.6. The molecule has 2 amide bonds. The summed E-state index contributed by atoms with van der Waals surface area (Å²) in [6, 6.07) is 22.2. The third-order valence-electron chi connectivity index (χ3n) is 8.73. The van der Waals surface area contributed by atoms with Crippen molar-refractivity contribution >= 4 is 50.9 Å². The molecule has 0 radical (unpaired) electrons. The molecule has 4 N–H and O–H groups in total. The number of aromatic hydroxyl groups is 1. The number of amides is 2. The van der Waals surface area contributed by atoms with Crippen molar-refractivity contribution in [1.29, 1.82) is 0 Å². The summed E-state index contributed by atoms with van der Waals surface area (Å²) in [4.78, 5) is 28.7. The number of rotatable bonds is 11.